The van der Waals surface area contributed by atoms with Crippen LogP contribution in [-0.4, -0.2) is 44.2 Å². The zero-order valence-electron chi connectivity index (χ0n) is 21.1. The number of nitrogens with one attached hydrogen (secondary N) is 1. The fraction of sp³-hybridized carbons (Fsp3) is 0.500. The number of methoxy groups -OCH3 is 1. The lowest BCUT2D eigenvalue weighted by Gasteiger charge is -2.32. The molecule has 198 valence electrons. The molecular weight excluding hydrogens is 477 g/mol. The van der Waals surface area contributed by atoms with Crippen LogP contribution in [0.3, 0.4) is 0 Å². The number of aliphatic carboxylic acids is 1. The van der Waals surface area contributed by atoms with Crippen molar-refractivity contribution in [1.29, 1.82) is 0 Å². The number of halogens is 3. The van der Waals surface area contributed by atoms with Crippen LogP contribution in [0.15, 0.2) is 30.3 Å². The van der Waals surface area contributed by atoms with Gasteiger partial charge in [0.2, 0.25) is 0 Å². The van der Waals surface area contributed by atoms with Crippen molar-refractivity contribution in [3.8, 4) is 11.5 Å². The number of carboxylic acid groups (broad SMARTS) is 1. The van der Waals surface area contributed by atoms with Gasteiger partial charge in [0.05, 0.1) is 24.4 Å². The molecule has 0 amide bonds. The van der Waals surface area contributed by atoms with Crippen LogP contribution in [0.2, 0.25) is 0 Å². The number of fused-ring (bicyclic) bond motifs is 1. The van der Waals surface area contributed by atoms with Gasteiger partial charge in [0.1, 0.15) is 5.82 Å². The Morgan fingerprint density at radius 1 is 1.08 bits per heavy atom. The Morgan fingerprint density at radius 2 is 1.72 bits per heavy atom. The largest absolute Gasteiger partial charge is 0.586 e. The third-order valence-corrected chi connectivity index (χ3v) is 5.51. The summed E-state index contributed by atoms with van der Waals surface area (Å²) in [5.41, 5.74) is 1.52. The number of anilines is 3. The van der Waals surface area contributed by atoms with Gasteiger partial charge in [-0.05, 0) is 41.7 Å². The molecule has 10 heteroatoms. The SMILES string of the molecule is COCC(CC(=O)O)c1cc(F)c(N(CC(C)C)CC(C)C)c(Nc2ccc3c(c2)OC(F)(F)O3)c1. The molecule has 0 saturated carbocycles. The van der Waals surface area contributed by atoms with E-state index in [1.165, 1.54) is 31.4 Å². The molecule has 0 aromatic heterocycles. The van der Waals surface area contributed by atoms with Crippen molar-refractivity contribution in [2.75, 3.05) is 37.0 Å². The highest BCUT2D eigenvalue weighted by molar-refractivity contribution is 5.78. The molecule has 1 atom stereocenters. The van der Waals surface area contributed by atoms with Gasteiger partial charge in [-0.3, -0.25) is 4.79 Å². The van der Waals surface area contributed by atoms with Gasteiger partial charge in [-0.1, -0.05) is 27.7 Å². The molecule has 0 aliphatic carbocycles. The number of ether oxygens (including phenoxy) is 3. The van der Waals surface area contributed by atoms with Crippen molar-refractivity contribution < 1.29 is 37.3 Å². The highest BCUT2D eigenvalue weighted by Gasteiger charge is 2.43. The molecule has 0 radical (unpaired) electrons. The van der Waals surface area contributed by atoms with Crippen LogP contribution in [0.4, 0.5) is 30.2 Å². The van der Waals surface area contributed by atoms with E-state index in [9.17, 15) is 18.7 Å². The van der Waals surface area contributed by atoms with Crippen molar-refractivity contribution >= 4 is 23.0 Å². The molecule has 0 bridgehead atoms. The zero-order chi connectivity index (χ0) is 26.6. The topological polar surface area (TPSA) is 80.3 Å². The molecule has 36 heavy (non-hydrogen) atoms. The Kier molecular flexibility index (Phi) is 8.60. The molecular formula is C26H33F3N2O5. The predicted molar refractivity (Wildman–Crippen MR) is 131 cm³/mol. The molecule has 0 saturated heterocycles. The van der Waals surface area contributed by atoms with Gasteiger partial charge in [0.15, 0.2) is 11.5 Å². The van der Waals surface area contributed by atoms with E-state index >= 15 is 4.39 Å². The molecule has 2 N–H and O–H groups in total. The first-order chi connectivity index (χ1) is 16.9. The Morgan fingerprint density at radius 3 is 2.31 bits per heavy atom. The van der Waals surface area contributed by atoms with Crippen LogP contribution >= 0.6 is 0 Å². The Balaban J connectivity index is 2.09. The number of alkyl halides is 2. The van der Waals surface area contributed by atoms with E-state index < -0.39 is 24.0 Å². The van der Waals surface area contributed by atoms with Gasteiger partial charge in [-0.15, -0.1) is 8.78 Å². The molecule has 1 aliphatic rings. The number of benzene rings is 2. The van der Waals surface area contributed by atoms with E-state index in [4.69, 9.17) is 4.74 Å². The minimum atomic E-state index is -3.76. The summed E-state index contributed by atoms with van der Waals surface area (Å²) in [6.07, 6.45) is -4.00. The maximum atomic E-state index is 15.8. The van der Waals surface area contributed by atoms with Crippen LogP contribution in [-0.2, 0) is 9.53 Å². The lowest BCUT2D eigenvalue weighted by Crippen LogP contribution is -2.32. The van der Waals surface area contributed by atoms with E-state index in [0.717, 1.165) is 0 Å². The van der Waals surface area contributed by atoms with Crippen LogP contribution in [0.25, 0.3) is 0 Å². The van der Waals surface area contributed by atoms with Crippen molar-refractivity contribution in [2.24, 2.45) is 11.8 Å². The molecule has 1 heterocycles. The first kappa shape index (κ1) is 27.4. The second-order valence-corrected chi connectivity index (χ2v) is 9.80. The van der Waals surface area contributed by atoms with Gasteiger partial charge in [0.25, 0.3) is 0 Å². The molecule has 3 rings (SSSR count). The van der Waals surface area contributed by atoms with Crippen molar-refractivity contribution in [3.05, 3.63) is 41.7 Å². The summed E-state index contributed by atoms with van der Waals surface area (Å²) >= 11 is 0. The zero-order valence-corrected chi connectivity index (χ0v) is 21.1. The fourth-order valence-electron chi connectivity index (χ4n) is 4.28. The van der Waals surface area contributed by atoms with Gasteiger partial charge in [-0.25, -0.2) is 4.39 Å². The fourth-order valence-corrected chi connectivity index (χ4v) is 4.28. The van der Waals surface area contributed by atoms with E-state index in [0.29, 0.717) is 35.7 Å². The number of rotatable bonds is 12. The molecule has 1 aliphatic heterocycles. The number of carboxylic acids is 1. The Labute approximate surface area is 209 Å². The third kappa shape index (κ3) is 6.96. The second-order valence-electron chi connectivity index (χ2n) is 9.80. The summed E-state index contributed by atoms with van der Waals surface area (Å²) in [6, 6.07) is 7.26. The molecule has 0 spiro atoms. The minimum Gasteiger partial charge on any atom is -0.481 e. The van der Waals surface area contributed by atoms with E-state index in [-0.39, 0.29) is 36.4 Å². The number of carbonyl (C=O) groups is 1. The maximum Gasteiger partial charge on any atom is 0.586 e. The van der Waals surface area contributed by atoms with Crippen LogP contribution in [0, 0.1) is 17.7 Å². The molecule has 2 aromatic rings. The summed E-state index contributed by atoms with van der Waals surface area (Å²) in [4.78, 5) is 13.4. The molecule has 0 fully saturated rings. The average molecular weight is 511 g/mol. The van der Waals surface area contributed by atoms with E-state index in [1.807, 2.05) is 32.6 Å². The summed E-state index contributed by atoms with van der Waals surface area (Å²) < 4.78 is 57.0. The molecule has 2 aromatic carbocycles. The second kappa shape index (κ2) is 11.3. The first-order valence-electron chi connectivity index (χ1n) is 11.8. The summed E-state index contributed by atoms with van der Waals surface area (Å²) in [7, 11) is 1.45. The smallest absolute Gasteiger partial charge is 0.481 e. The third-order valence-electron chi connectivity index (χ3n) is 5.51. The highest BCUT2D eigenvalue weighted by Crippen LogP contribution is 2.44. The summed E-state index contributed by atoms with van der Waals surface area (Å²) in [5.74, 6) is -1.92. The van der Waals surface area contributed by atoms with Crippen molar-refractivity contribution in [3.63, 3.8) is 0 Å². The van der Waals surface area contributed by atoms with Gasteiger partial charge in [-0.2, -0.15) is 0 Å². The summed E-state index contributed by atoms with van der Waals surface area (Å²) in [6.45, 7) is 9.38. The van der Waals surface area contributed by atoms with Crippen molar-refractivity contribution in [1.82, 2.24) is 0 Å². The molecule has 1 unspecified atom stereocenters. The lowest BCUT2D eigenvalue weighted by molar-refractivity contribution is -0.286. The predicted octanol–water partition coefficient (Wildman–Crippen LogP) is 6.21. The monoisotopic (exact) mass is 510 g/mol. The Hall–Kier alpha value is -3.14. The number of nitrogens with zero attached hydrogens (tertiary/aromatic N) is 1. The van der Waals surface area contributed by atoms with Crippen molar-refractivity contribution in [2.45, 2.75) is 46.3 Å². The number of hydrogen-bond acceptors (Lipinski definition) is 6. The quantitative estimate of drug-likeness (QED) is 0.351. The van der Waals surface area contributed by atoms with Gasteiger partial charge < -0.3 is 29.5 Å². The highest BCUT2D eigenvalue weighted by atomic mass is 19.3. The van der Waals surface area contributed by atoms with Gasteiger partial charge >= 0.3 is 12.3 Å². The maximum absolute atomic E-state index is 15.8. The normalized spacial score (nSPS) is 14.8. The van der Waals surface area contributed by atoms with Crippen LogP contribution in [0.1, 0.15) is 45.6 Å². The summed E-state index contributed by atoms with van der Waals surface area (Å²) in [5, 5.41) is 12.5. The van der Waals surface area contributed by atoms with Gasteiger partial charge in [0, 0.05) is 37.9 Å². The Bertz CT molecular complexity index is 1070. The minimum absolute atomic E-state index is 0.0886. The standard InChI is InChI=1S/C26H33F3N2O5/c1-15(2)12-31(13-16(3)4)25-20(27)8-17(18(14-34-5)10-24(32)33)9-21(25)30-19-6-7-22-23(11-19)36-26(28,29)35-22/h6-9,11,15-16,18,30H,10,12-14H2,1-5H3,(H,32,33). The van der Waals surface area contributed by atoms with Crippen LogP contribution in [0.5, 0.6) is 11.5 Å². The average Bonchev–Trinajstić information content (AvgIpc) is 3.04. The van der Waals surface area contributed by atoms with Crippen LogP contribution < -0.4 is 19.7 Å². The first-order valence-corrected chi connectivity index (χ1v) is 11.8. The number of hydrogen-bond donors (Lipinski definition) is 2. The van der Waals surface area contributed by atoms with E-state index in [2.05, 4.69) is 14.8 Å². The lowest BCUT2D eigenvalue weighted by atomic mass is 9.94. The molecule has 7 nitrogen and oxygen atoms in total. The van der Waals surface area contributed by atoms with E-state index in [1.54, 1.807) is 6.07 Å².